The van der Waals surface area contributed by atoms with Crippen molar-refractivity contribution in [2.75, 3.05) is 20.1 Å². The maximum absolute atomic E-state index is 13.7. The largest absolute Gasteiger partial charge is 0.392 e. The first kappa shape index (κ1) is 32.5. The summed E-state index contributed by atoms with van der Waals surface area (Å²) in [5, 5.41) is 17.5. The zero-order chi connectivity index (χ0) is 30.7. The molecule has 0 aliphatic carbocycles. The number of nitrogens with zero attached hydrogens (tertiary/aromatic N) is 1. The Labute approximate surface area is 249 Å². The second-order valence-corrected chi connectivity index (χ2v) is 11.7. The Bertz CT molecular complexity index is 1360. The Morgan fingerprint density at radius 3 is 2.19 bits per heavy atom. The molecule has 3 atom stereocenters. The lowest BCUT2D eigenvalue weighted by Crippen LogP contribution is -2.50. The van der Waals surface area contributed by atoms with E-state index in [0.717, 1.165) is 21.9 Å². The number of nitrogens with two attached hydrogens (primary N) is 1. The molecule has 0 aromatic heterocycles. The van der Waals surface area contributed by atoms with Gasteiger partial charge in [0.05, 0.1) is 12.0 Å². The van der Waals surface area contributed by atoms with Crippen LogP contribution in [0.25, 0.3) is 10.8 Å². The van der Waals surface area contributed by atoms with Gasteiger partial charge in [0.25, 0.3) is 0 Å². The van der Waals surface area contributed by atoms with Crippen molar-refractivity contribution in [1.82, 2.24) is 15.5 Å². The molecule has 3 aromatic rings. The van der Waals surface area contributed by atoms with Gasteiger partial charge in [0.2, 0.25) is 17.7 Å². The molecule has 0 saturated heterocycles. The molecular weight excluding hydrogens is 528 g/mol. The molecule has 0 aliphatic rings. The van der Waals surface area contributed by atoms with Crippen molar-refractivity contribution in [3.8, 4) is 0 Å². The highest BCUT2D eigenvalue weighted by Crippen LogP contribution is 2.19. The molecule has 0 bridgehead atoms. The third-order valence-electron chi connectivity index (χ3n) is 7.06. The van der Waals surface area contributed by atoms with Gasteiger partial charge in [0.1, 0.15) is 6.04 Å². The summed E-state index contributed by atoms with van der Waals surface area (Å²) in [5.74, 6) is -1.49. The van der Waals surface area contributed by atoms with Gasteiger partial charge in [-0.3, -0.25) is 14.4 Å². The third kappa shape index (κ3) is 10.4. The third-order valence-corrected chi connectivity index (χ3v) is 7.06. The fourth-order valence-corrected chi connectivity index (χ4v) is 4.62. The van der Waals surface area contributed by atoms with Gasteiger partial charge in [-0.25, -0.2) is 0 Å². The van der Waals surface area contributed by atoms with E-state index < -0.39 is 23.6 Å². The van der Waals surface area contributed by atoms with Gasteiger partial charge in [-0.15, -0.1) is 0 Å². The van der Waals surface area contributed by atoms with Crippen LogP contribution in [0.3, 0.4) is 0 Å². The quantitative estimate of drug-likeness (QED) is 0.221. The van der Waals surface area contributed by atoms with Crippen LogP contribution in [-0.2, 0) is 27.2 Å². The molecule has 0 saturated carbocycles. The summed E-state index contributed by atoms with van der Waals surface area (Å²) in [6, 6.07) is 22.7. The van der Waals surface area contributed by atoms with Gasteiger partial charge in [-0.05, 0) is 61.6 Å². The van der Waals surface area contributed by atoms with E-state index in [0.29, 0.717) is 19.3 Å². The second kappa shape index (κ2) is 15.3. The van der Waals surface area contributed by atoms with E-state index >= 15 is 0 Å². The van der Waals surface area contributed by atoms with Gasteiger partial charge in [0, 0.05) is 32.1 Å². The Kier molecular flexibility index (Phi) is 11.8. The van der Waals surface area contributed by atoms with Crippen LogP contribution < -0.4 is 16.4 Å². The average Bonchev–Trinajstić information content (AvgIpc) is 2.95. The molecule has 3 amide bonds. The van der Waals surface area contributed by atoms with Crippen LogP contribution in [0.15, 0.2) is 84.9 Å². The minimum absolute atomic E-state index is 0.0762. The van der Waals surface area contributed by atoms with Crippen molar-refractivity contribution in [2.45, 2.75) is 57.7 Å². The number of hydrogen-bond acceptors (Lipinski definition) is 5. The molecule has 42 heavy (non-hydrogen) atoms. The van der Waals surface area contributed by atoms with E-state index in [9.17, 15) is 19.5 Å². The predicted molar refractivity (Wildman–Crippen MR) is 168 cm³/mol. The lowest BCUT2D eigenvalue weighted by Gasteiger charge is -2.28. The fourth-order valence-electron chi connectivity index (χ4n) is 4.62. The van der Waals surface area contributed by atoms with Crippen LogP contribution >= 0.6 is 0 Å². The summed E-state index contributed by atoms with van der Waals surface area (Å²) in [5.41, 5.74) is 7.46. The smallest absolute Gasteiger partial charge is 0.246 e. The number of carbonyl (C=O) groups is 3. The van der Waals surface area contributed by atoms with Gasteiger partial charge in [-0.2, -0.15) is 0 Å². The molecule has 0 radical (unpaired) electrons. The molecule has 224 valence electrons. The zero-order valence-electron chi connectivity index (χ0n) is 25.0. The normalized spacial score (nSPS) is 13.9. The number of carbonyl (C=O) groups excluding carboxylic acids is 3. The summed E-state index contributed by atoms with van der Waals surface area (Å²) in [4.78, 5) is 41.3. The SMILES string of the molecule is C[C@H](O)CNC(=O)[C@@H](CNC(=O)[C@@H](Cc1ccc2ccccc2c1)N(C)C(=O)/C=C/CC(C)(C)N)Cc1ccccc1. The van der Waals surface area contributed by atoms with E-state index in [2.05, 4.69) is 10.6 Å². The predicted octanol–water partition coefficient (Wildman–Crippen LogP) is 3.37. The van der Waals surface area contributed by atoms with E-state index in [1.54, 1.807) is 20.0 Å². The molecule has 0 heterocycles. The lowest BCUT2D eigenvalue weighted by atomic mass is 9.97. The summed E-state index contributed by atoms with van der Waals surface area (Å²) in [6.45, 7) is 5.55. The first-order chi connectivity index (χ1) is 19.9. The van der Waals surface area contributed by atoms with Crippen LogP contribution in [0.1, 0.15) is 38.3 Å². The molecule has 3 aromatic carbocycles. The van der Waals surface area contributed by atoms with Gasteiger partial charge < -0.3 is 26.4 Å². The van der Waals surface area contributed by atoms with Crippen molar-refractivity contribution < 1.29 is 19.5 Å². The Balaban J connectivity index is 1.81. The number of nitrogens with one attached hydrogen (secondary N) is 2. The maximum Gasteiger partial charge on any atom is 0.246 e. The maximum atomic E-state index is 13.7. The van der Waals surface area contributed by atoms with E-state index in [1.807, 2.05) is 86.6 Å². The molecule has 0 aliphatic heterocycles. The minimum atomic E-state index is -0.813. The number of hydrogen-bond donors (Lipinski definition) is 4. The average molecular weight is 573 g/mol. The van der Waals surface area contributed by atoms with Crippen molar-refractivity contribution >= 4 is 28.5 Å². The lowest BCUT2D eigenvalue weighted by molar-refractivity contribution is -0.136. The van der Waals surface area contributed by atoms with Crippen molar-refractivity contribution in [3.05, 3.63) is 96.1 Å². The van der Waals surface area contributed by atoms with Crippen molar-refractivity contribution in [2.24, 2.45) is 11.7 Å². The number of amides is 3. The highest BCUT2D eigenvalue weighted by molar-refractivity contribution is 5.93. The fraction of sp³-hybridized carbons (Fsp3) is 0.382. The number of aliphatic hydroxyl groups is 1. The highest BCUT2D eigenvalue weighted by atomic mass is 16.3. The Morgan fingerprint density at radius 1 is 0.881 bits per heavy atom. The van der Waals surface area contributed by atoms with Crippen LogP contribution in [0, 0.1) is 5.92 Å². The van der Waals surface area contributed by atoms with Crippen molar-refractivity contribution in [1.29, 1.82) is 0 Å². The van der Waals surface area contributed by atoms with Crippen LogP contribution in [-0.4, -0.2) is 65.5 Å². The Hall–Kier alpha value is -4.01. The van der Waals surface area contributed by atoms with Gasteiger partial charge in [0.15, 0.2) is 0 Å². The number of fused-ring (bicyclic) bond motifs is 1. The monoisotopic (exact) mass is 572 g/mol. The van der Waals surface area contributed by atoms with Gasteiger partial charge >= 0.3 is 0 Å². The molecule has 5 N–H and O–H groups in total. The first-order valence-corrected chi connectivity index (χ1v) is 14.4. The number of rotatable bonds is 14. The summed E-state index contributed by atoms with van der Waals surface area (Å²) in [6.07, 6.45) is 3.71. The second-order valence-electron chi connectivity index (χ2n) is 11.7. The van der Waals surface area contributed by atoms with Crippen LogP contribution in [0.4, 0.5) is 0 Å². The minimum Gasteiger partial charge on any atom is -0.392 e. The topological polar surface area (TPSA) is 125 Å². The number of aliphatic hydroxyl groups excluding tert-OH is 1. The van der Waals surface area contributed by atoms with Gasteiger partial charge in [-0.1, -0.05) is 78.9 Å². The summed E-state index contributed by atoms with van der Waals surface area (Å²) < 4.78 is 0. The Morgan fingerprint density at radius 2 is 1.52 bits per heavy atom. The van der Waals surface area contributed by atoms with Crippen molar-refractivity contribution in [3.63, 3.8) is 0 Å². The molecule has 8 nitrogen and oxygen atoms in total. The summed E-state index contributed by atoms with van der Waals surface area (Å²) >= 11 is 0. The van der Waals surface area contributed by atoms with E-state index in [-0.39, 0.29) is 30.8 Å². The molecule has 8 heteroatoms. The molecule has 0 spiro atoms. The molecular formula is C34H44N4O4. The first-order valence-electron chi connectivity index (χ1n) is 14.4. The highest BCUT2D eigenvalue weighted by Gasteiger charge is 2.28. The number of benzene rings is 3. The summed E-state index contributed by atoms with van der Waals surface area (Å²) in [7, 11) is 1.61. The van der Waals surface area contributed by atoms with E-state index in [4.69, 9.17) is 5.73 Å². The molecule has 3 rings (SSSR count). The van der Waals surface area contributed by atoms with Crippen LogP contribution in [0.2, 0.25) is 0 Å². The van der Waals surface area contributed by atoms with Crippen LogP contribution in [0.5, 0.6) is 0 Å². The molecule has 0 unspecified atom stereocenters. The molecule has 0 fully saturated rings. The number of likely N-dealkylation sites (N-methyl/N-ethyl adjacent to an activating group) is 1. The van der Waals surface area contributed by atoms with E-state index in [1.165, 1.54) is 11.0 Å². The zero-order valence-corrected chi connectivity index (χ0v) is 25.0. The standard InChI is InChI=1S/C34H44N4O4/c1-24(39)22-36-32(41)29(19-25-11-6-5-7-12-25)23-37-33(42)30(38(4)31(40)15-10-18-34(2,3)35)21-26-16-17-27-13-8-9-14-28(27)20-26/h5-17,20,24,29-30,39H,18-19,21-23,35H2,1-4H3,(H,36,41)(H,37,42)/b15-10+/t24-,29+,30+/m0/s1.